The average Bonchev–Trinajstić information content (AvgIpc) is 2.90. The van der Waals surface area contributed by atoms with Crippen LogP contribution in [0, 0.1) is 0 Å². The molecule has 0 fully saturated rings. The molecule has 1 heterocycles. The normalized spacial score (nSPS) is 17.8. The van der Waals surface area contributed by atoms with Gasteiger partial charge in [-0.3, -0.25) is 0 Å². The maximum absolute atomic E-state index is 10.8. The van der Waals surface area contributed by atoms with Crippen LogP contribution in [0.1, 0.15) is 41.3 Å². The lowest BCUT2D eigenvalue weighted by atomic mass is 9.85. The van der Waals surface area contributed by atoms with E-state index in [0.29, 0.717) is 6.42 Å². The van der Waals surface area contributed by atoms with Crippen LogP contribution in [-0.4, -0.2) is 5.11 Å². The third kappa shape index (κ3) is 2.75. The van der Waals surface area contributed by atoms with Gasteiger partial charge in [-0.15, -0.1) is 11.3 Å². The fourth-order valence-electron chi connectivity index (χ4n) is 2.92. The van der Waals surface area contributed by atoms with Gasteiger partial charge in [0.1, 0.15) is 0 Å². The fraction of sp³-hybridized carbons (Fsp3) is 0.412. The van der Waals surface area contributed by atoms with Crippen molar-refractivity contribution in [1.82, 2.24) is 0 Å². The second kappa shape index (κ2) is 5.10. The third-order valence-corrected chi connectivity index (χ3v) is 4.95. The van der Waals surface area contributed by atoms with Crippen LogP contribution in [0.2, 0.25) is 0 Å². The molecule has 0 amide bonds. The molecule has 0 radical (unpaired) electrons. The second-order valence-electron chi connectivity index (χ2n) is 5.72. The molecule has 1 N–H and O–H groups in total. The molecule has 0 aliphatic heterocycles. The Morgan fingerprint density at radius 1 is 1.16 bits per heavy atom. The minimum Gasteiger partial charge on any atom is -0.385 e. The molecule has 2 heteroatoms. The van der Waals surface area contributed by atoms with Crippen LogP contribution >= 0.6 is 11.3 Å². The summed E-state index contributed by atoms with van der Waals surface area (Å²) in [4.78, 5) is 1.24. The van der Waals surface area contributed by atoms with Crippen LogP contribution in [0.25, 0.3) is 0 Å². The van der Waals surface area contributed by atoms with Crippen LogP contribution in [0.5, 0.6) is 0 Å². The highest BCUT2D eigenvalue weighted by atomic mass is 32.1. The van der Waals surface area contributed by atoms with E-state index in [0.717, 1.165) is 12.0 Å². The van der Waals surface area contributed by atoms with Crippen molar-refractivity contribution >= 4 is 11.3 Å². The zero-order valence-electron chi connectivity index (χ0n) is 11.4. The minimum absolute atomic E-state index is 0.698. The summed E-state index contributed by atoms with van der Waals surface area (Å²) in [6.45, 7) is 1.93. The number of aliphatic hydroxyl groups is 1. The van der Waals surface area contributed by atoms with Gasteiger partial charge in [-0.25, -0.2) is 0 Å². The van der Waals surface area contributed by atoms with Gasteiger partial charge in [-0.05, 0) is 60.7 Å². The Bertz CT molecular complexity index is 555. The molecule has 100 valence electrons. The molecule has 1 aliphatic carbocycles. The van der Waals surface area contributed by atoms with Gasteiger partial charge in [-0.2, -0.15) is 0 Å². The first-order valence-electron chi connectivity index (χ1n) is 7.02. The standard InChI is InChI=1S/C17H20OS/c1-17(18,12-16-7-4-10-19-16)15-9-8-13-5-2-3-6-14(13)11-15/h4,7-11,18H,2-3,5-6,12H2,1H3. The first-order chi connectivity index (χ1) is 9.15. The van der Waals surface area contributed by atoms with Gasteiger partial charge >= 0.3 is 0 Å². The molecular weight excluding hydrogens is 252 g/mol. The number of aryl methyl sites for hydroxylation is 2. The van der Waals surface area contributed by atoms with Crippen molar-refractivity contribution in [2.75, 3.05) is 0 Å². The smallest absolute Gasteiger partial charge is 0.0916 e. The predicted molar refractivity (Wildman–Crippen MR) is 80.7 cm³/mol. The molecule has 1 aliphatic rings. The Hall–Kier alpha value is -1.12. The summed E-state index contributed by atoms with van der Waals surface area (Å²) in [5, 5.41) is 12.8. The first kappa shape index (κ1) is 12.9. The lowest BCUT2D eigenvalue weighted by Gasteiger charge is -2.26. The summed E-state index contributed by atoms with van der Waals surface area (Å²) in [5.74, 6) is 0. The fourth-order valence-corrected chi connectivity index (χ4v) is 3.78. The Labute approximate surface area is 118 Å². The van der Waals surface area contributed by atoms with Crippen molar-refractivity contribution in [2.45, 2.75) is 44.6 Å². The molecule has 1 unspecified atom stereocenters. The van der Waals surface area contributed by atoms with Crippen molar-refractivity contribution in [1.29, 1.82) is 0 Å². The lowest BCUT2D eigenvalue weighted by Crippen LogP contribution is -2.24. The second-order valence-corrected chi connectivity index (χ2v) is 6.75. The van der Waals surface area contributed by atoms with Crippen molar-refractivity contribution in [2.24, 2.45) is 0 Å². The highest BCUT2D eigenvalue weighted by molar-refractivity contribution is 7.09. The number of rotatable bonds is 3. The van der Waals surface area contributed by atoms with Crippen LogP contribution in [0.4, 0.5) is 0 Å². The summed E-state index contributed by atoms with van der Waals surface area (Å²) >= 11 is 1.71. The number of hydrogen-bond donors (Lipinski definition) is 1. The van der Waals surface area contributed by atoms with Crippen LogP contribution in [0.3, 0.4) is 0 Å². The van der Waals surface area contributed by atoms with Gasteiger partial charge in [0.05, 0.1) is 5.60 Å². The Morgan fingerprint density at radius 2 is 1.95 bits per heavy atom. The molecule has 1 aromatic carbocycles. The summed E-state index contributed by atoms with van der Waals surface area (Å²) in [7, 11) is 0. The SMILES string of the molecule is CC(O)(Cc1cccs1)c1ccc2c(c1)CCCC2. The molecule has 19 heavy (non-hydrogen) atoms. The van der Waals surface area contributed by atoms with E-state index in [1.54, 1.807) is 11.3 Å². The summed E-state index contributed by atoms with van der Waals surface area (Å²) < 4.78 is 0. The largest absolute Gasteiger partial charge is 0.385 e. The van der Waals surface area contributed by atoms with Gasteiger partial charge in [0.2, 0.25) is 0 Å². The molecule has 2 aromatic rings. The van der Waals surface area contributed by atoms with Gasteiger partial charge < -0.3 is 5.11 Å². The van der Waals surface area contributed by atoms with Crippen LogP contribution in [-0.2, 0) is 24.9 Å². The average molecular weight is 272 g/mol. The molecule has 1 atom stereocenters. The number of hydrogen-bond acceptors (Lipinski definition) is 2. The summed E-state index contributed by atoms with van der Waals surface area (Å²) in [6.07, 6.45) is 5.64. The van der Waals surface area contributed by atoms with E-state index >= 15 is 0 Å². The van der Waals surface area contributed by atoms with Crippen LogP contribution < -0.4 is 0 Å². The molecule has 1 nitrogen and oxygen atoms in total. The van der Waals surface area contributed by atoms with E-state index in [1.807, 2.05) is 13.0 Å². The maximum atomic E-state index is 10.8. The zero-order valence-corrected chi connectivity index (χ0v) is 12.2. The van der Waals surface area contributed by atoms with Crippen molar-refractivity contribution in [3.8, 4) is 0 Å². The predicted octanol–water partition coefficient (Wildman–Crippen LogP) is 4.08. The van der Waals surface area contributed by atoms with E-state index in [-0.39, 0.29) is 0 Å². The van der Waals surface area contributed by atoms with E-state index < -0.39 is 5.60 Å². The monoisotopic (exact) mass is 272 g/mol. The summed E-state index contributed by atoms with van der Waals surface area (Å²) in [6, 6.07) is 10.7. The van der Waals surface area contributed by atoms with E-state index in [9.17, 15) is 5.11 Å². The minimum atomic E-state index is -0.767. The maximum Gasteiger partial charge on any atom is 0.0916 e. The van der Waals surface area contributed by atoms with Gasteiger partial charge in [-0.1, -0.05) is 24.3 Å². The van der Waals surface area contributed by atoms with E-state index in [2.05, 4.69) is 29.6 Å². The van der Waals surface area contributed by atoms with Gasteiger partial charge in [0, 0.05) is 11.3 Å². The zero-order chi connectivity index (χ0) is 13.3. The van der Waals surface area contributed by atoms with Gasteiger partial charge in [0.15, 0.2) is 0 Å². The summed E-state index contributed by atoms with van der Waals surface area (Å²) in [5.41, 5.74) is 3.20. The highest BCUT2D eigenvalue weighted by Gasteiger charge is 2.25. The third-order valence-electron chi connectivity index (χ3n) is 4.07. The lowest BCUT2D eigenvalue weighted by molar-refractivity contribution is 0.0583. The quantitative estimate of drug-likeness (QED) is 0.892. The Balaban J connectivity index is 1.88. The highest BCUT2D eigenvalue weighted by Crippen LogP contribution is 2.30. The Kier molecular flexibility index (Phi) is 3.46. The van der Waals surface area contributed by atoms with Crippen LogP contribution in [0.15, 0.2) is 35.7 Å². The van der Waals surface area contributed by atoms with E-state index in [1.165, 1.54) is 35.3 Å². The van der Waals surface area contributed by atoms with Gasteiger partial charge in [0.25, 0.3) is 0 Å². The Morgan fingerprint density at radius 3 is 2.68 bits per heavy atom. The topological polar surface area (TPSA) is 20.2 Å². The molecular formula is C17H20OS. The molecule has 0 bridgehead atoms. The van der Waals surface area contributed by atoms with Crippen molar-refractivity contribution in [3.05, 3.63) is 57.3 Å². The number of fused-ring (bicyclic) bond motifs is 1. The molecule has 0 spiro atoms. The number of thiophene rings is 1. The molecule has 3 rings (SSSR count). The number of benzene rings is 1. The van der Waals surface area contributed by atoms with Crippen molar-refractivity contribution in [3.63, 3.8) is 0 Å². The molecule has 1 aromatic heterocycles. The first-order valence-corrected chi connectivity index (χ1v) is 7.90. The molecule has 0 saturated carbocycles. The van der Waals surface area contributed by atoms with E-state index in [4.69, 9.17) is 0 Å². The molecule has 0 saturated heterocycles. The van der Waals surface area contributed by atoms with Crippen molar-refractivity contribution < 1.29 is 5.11 Å².